The number of amides is 2. The van der Waals surface area contributed by atoms with Gasteiger partial charge in [0.2, 0.25) is 0 Å². The Kier molecular flexibility index (Phi) is 5.71. The van der Waals surface area contributed by atoms with Crippen LogP contribution < -0.4 is 10.6 Å². The number of carbonyl (C=O) groups excluding carboxylic acids is 1. The largest absolute Gasteiger partial charge is 0.481 e. The van der Waals surface area contributed by atoms with Crippen molar-refractivity contribution in [1.29, 1.82) is 0 Å². The van der Waals surface area contributed by atoms with Crippen molar-refractivity contribution >= 4 is 12.0 Å². The molecule has 3 N–H and O–H groups in total. The van der Waals surface area contributed by atoms with Gasteiger partial charge in [0.25, 0.3) is 0 Å². The minimum atomic E-state index is -0.928. The van der Waals surface area contributed by atoms with E-state index >= 15 is 0 Å². The molecule has 1 aliphatic heterocycles. The number of morpholine rings is 1. The Morgan fingerprint density at radius 1 is 1.47 bits per heavy atom. The predicted molar refractivity (Wildman–Crippen MR) is 60.9 cm³/mol. The number of aliphatic carboxylic acids is 1. The number of carboxylic acids is 1. The van der Waals surface area contributed by atoms with Crippen LogP contribution in [0.2, 0.25) is 0 Å². The normalized spacial score (nSPS) is 20.9. The van der Waals surface area contributed by atoms with Gasteiger partial charge in [0.15, 0.2) is 0 Å². The van der Waals surface area contributed by atoms with Crippen molar-refractivity contribution in [2.24, 2.45) is 0 Å². The topological polar surface area (TPSA) is 90.9 Å². The molecule has 1 saturated heterocycles. The highest BCUT2D eigenvalue weighted by molar-refractivity contribution is 5.74. The first-order valence-electron chi connectivity index (χ1n) is 5.61. The van der Waals surface area contributed by atoms with E-state index in [0.29, 0.717) is 13.2 Å². The van der Waals surface area contributed by atoms with Crippen LogP contribution in [0, 0.1) is 0 Å². The highest BCUT2D eigenvalue weighted by atomic mass is 16.5. The Bertz CT molecular complexity index is 272. The molecular formula is C10H19N3O4. The van der Waals surface area contributed by atoms with Crippen LogP contribution in [0.5, 0.6) is 0 Å². The number of hydrogen-bond acceptors (Lipinski definition) is 4. The molecule has 1 heterocycles. The van der Waals surface area contributed by atoms with Crippen LogP contribution >= 0.6 is 0 Å². The summed E-state index contributed by atoms with van der Waals surface area (Å²) in [6.45, 7) is 2.93. The predicted octanol–water partition coefficient (Wildman–Crippen LogP) is -0.909. The summed E-state index contributed by atoms with van der Waals surface area (Å²) < 4.78 is 5.46. The molecule has 0 aliphatic carbocycles. The SMILES string of the molecule is CN1CCOC(CNC(=O)NCCC(=O)O)C1. The van der Waals surface area contributed by atoms with Crippen LogP contribution in [0.15, 0.2) is 0 Å². The lowest BCUT2D eigenvalue weighted by atomic mass is 10.3. The van der Waals surface area contributed by atoms with E-state index in [9.17, 15) is 9.59 Å². The summed E-state index contributed by atoms with van der Waals surface area (Å²) in [5.74, 6) is -0.928. The van der Waals surface area contributed by atoms with E-state index in [2.05, 4.69) is 15.5 Å². The van der Waals surface area contributed by atoms with Crippen LogP contribution in [0.4, 0.5) is 4.79 Å². The second-order valence-corrected chi connectivity index (χ2v) is 4.04. The van der Waals surface area contributed by atoms with Crippen molar-refractivity contribution in [2.75, 3.05) is 39.8 Å². The zero-order valence-electron chi connectivity index (χ0n) is 9.94. The number of ether oxygens (including phenoxy) is 1. The lowest BCUT2D eigenvalue weighted by molar-refractivity contribution is -0.136. The first-order chi connectivity index (χ1) is 8.08. The molecule has 2 amide bonds. The molecule has 0 aromatic rings. The van der Waals surface area contributed by atoms with E-state index in [1.54, 1.807) is 0 Å². The maximum atomic E-state index is 11.3. The number of nitrogens with zero attached hydrogens (tertiary/aromatic N) is 1. The Morgan fingerprint density at radius 3 is 2.88 bits per heavy atom. The van der Waals surface area contributed by atoms with Crippen molar-refractivity contribution in [3.05, 3.63) is 0 Å². The summed E-state index contributed by atoms with van der Waals surface area (Å²) >= 11 is 0. The van der Waals surface area contributed by atoms with Crippen LogP contribution in [0.1, 0.15) is 6.42 Å². The number of urea groups is 1. The summed E-state index contributed by atoms with van der Waals surface area (Å²) in [7, 11) is 2.00. The Hall–Kier alpha value is -1.34. The molecule has 0 aromatic carbocycles. The summed E-state index contributed by atoms with van der Waals surface area (Å²) in [5.41, 5.74) is 0. The zero-order valence-corrected chi connectivity index (χ0v) is 9.94. The molecule has 1 rings (SSSR count). The van der Waals surface area contributed by atoms with Crippen LogP contribution in [-0.4, -0.2) is 67.9 Å². The van der Waals surface area contributed by atoms with Gasteiger partial charge in [-0.2, -0.15) is 0 Å². The Labute approximate surface area is 100 Å². The number of carbonyl (C=O) groups is 2. The molecule has 1 fully saturated rings. The second kappa shape index (κ2) is 7.08. The molecule has 0 bridgehead atoms. The Morgan fingerprint density at radius 2 is 2.24 bits per heavy atom. The fraction of sp³-hybridized carbons (Fsp3) is 0.800. The van der Waals surface area contributed by atoms with Crippen LogP contribution in [-0.2, 0) is 9.53 Å². The van der Waals surface area contributed by atoms with E-state index < -0.39 is 5.97 Å². The van der Waals surface area contributed by atoms with Gasteiger partial charge in [-0.15, -0.1) is 0 Å². The van der Waals surface area contributed by atoms with Crippen molar-refractivity contribution in [3.8, 4) is 0 Å². The maximum absolute atomic E-state index is 11.3. The lowest BCUT2D eigenvalue weighted by Gasteiger charge is -2.30. The minimum absolute atomic E-state index is 0.000950. The van der Waals surface area contributed by atoms with Crippen molar-refractivity contribution in [1.82, 2.24) is 15.5 Å². The van der Waals surface area contributed by atoms with Gasteiger partial charge in [-0.25, -0.2) is 4.79 Å². The molecule has 0 spiro atoms. The van der Waals surface area contributed by atoms with E-state index in [-0.39, 0.29) is 25.1 Å². The third-order valence-electron chi connectivity index (χ3n) is 2.46. The van der Waals surface area contributed by atoms with Crippen LogP contribution in [0.3, 0.4) is 0 Å². The molecule has 0 radical (unpaired) electrons. The number of hydrogen-bond donors (Lipinski definition) is 3. The van der Waals surface area contributed by atoms with E-state index in [0.717, 1.165) is 13.1 Å². The molecule has 1 aliphatic rings. The average Bonchev–Trinajstić information content (AvgIpc) is 2.26. The smallest absolute Gasteiger partial charge is 0.314 e. The summed E-state index contributed by atoms with van der Waals surface area (Å²) in [5, 5.41) is 13.5. The maximum Gasteiger partial charge on any atom is 0.314 e. The average molecular weight is 245 g/mol. The van der Waals surface area contributed by atoms with Gasteiger partial charge >= 0.3 is 12.0 Å². The van der Waals surface area contributed by atoms with Crippen molar-refractivity contribution in [2.45, 2.75) is 12.5 Å². The molecule has 17 heavy (non-hydrogen) atoms. The second-order valence-electron chi connectivity index (χ2n) is 4.04. The highest BCUT2D eigenvalue weighted by Gasteiger charge is 2.17. The standard InChI is InChI=1S/C10H19N3O4/c1-13-4-5-17-8(7-13)6-12-10(16)11-3-2-9(14)15/h8H,2-7H2,1H3,(H,14,15)(H2,11,12,16). The minimum Gasteiger partial charge on any atom is -0.481 e. The van der Waals surface area contributed by atoms with Gasteiger partial charge < -0.3 is 25.4 Å². The number of rotatable bonds is 5. The van der Waals surface area contributed by atoms with E-state index in [1.165, 1.54) is 0 Å². The molecule has 7 heteroatoms. The van der Waals surface area contributed by atoms with E-state index in [4.69, 9.17) is 9.84 Å². The van der Waals surface area contributed by atoms with Gasteiger partial charge in [-0.1, -0.05) is 0 Å². The van der Waals surface area contributed by atoms with Gasteiger partial charge in [-0.3, -0.25) is 4.79 Å². The number of carboxylic acid groups (broad SMARTS) is 1. The molecule has 0 aromatic heterocycles. The van der Waals surface area contributed by atoms with Crippen molar-refractivity contribution < 1.29 is 19.4 Å². The fourth-order valence-corrected chi connectivity index (χ4v) is 1.54. The number of nitrogens with one attached hydrogen (secondary N) is 2. The Balaban J connectivity index is 2.08. The third-order valence-corrected chi connectivity index (χ3v) is 2.46. The highest BCUT2D eigenvalue weighted by Crippen LogP contribution is 2.01. The zero-order chi connectivity index (χ0) is 12.7. The molecule has 98 valence electrons. The van der Waals surface area contributed by atoms with Gasteiger partial charge in [-0.05, 0) is 7.05 Å². The summed E-state index contributed by atoms with van der Waals surface area (Å²) in [4.78, 5) is 23.6. The first-order valence-corrected chi connectivity index (χ1v) is 5.61. The molecule has 0 saturated carbocycles. The fourth-order valence-electron chi connectivity index (χ4n) is 1.54. The van der Waals surface area contributed by atoms with Gasteiger partial charge in [0, 0.05) is 26.2 Å². The summed E-state index contributed by atoms with van der Waals surface area (Å²) in [6.07, 6.45) is -0.0743. The van der Waals surface area contributed by atoms with Gasteiger partial charge in [0.1, 0.15) is 0 Å². The monoisotopic (exact) mass is 245 g/mol. The van der Waals surface area contributed by atoms with Crippen LogP contribution in [0.25, 0.3) is 0 Å². The molecule has 1 unspecified atom stereocenters. The first kappa shape index (κ1) is 13.7. The van der Waals surface area contributed by atoms with Crippen molar-refractivity contribution in [3.63, 3.8) is 0 Å². The summed E-state index contributed by atoms with van der Waals surface area (Å²) in [6, 6.07) is -0.358. The van der Waals surface area contributed by atoms with E-state index in [1.807, 2.05) is 7.05 Å². The number of likely N-dealkylation sites (N-methyl/N-ethyl adjacent to an activating group) is 1. The third kappa shape index (κ3) is 6.08. The lowest BCUT2D eigenvalue weighted by Crippen LogP contribution is -2.48. The van der Waals surface area contributed by atoms with Gasteiger partial charge in [0.05, 0.1) is 19.1 Å². The quantitative estimate of drug-likeness (QED) is 0.583. The molecule has 1 atom stereocenters. The molecular weight excluding hydrogens is 226 g/mol. The molecule has 7 nitrogen and oxygen atoms in total.